The number of aromatic nitrogens is 3. The van der Waals surface area contributed by atoms with Gasteiger partial charge in [-0.3, -0.25) is 14.5 Å². The minimum absolute atomic E-state index is 0.0111. The lowest BCUT2D eigenvalue weighted by Gasteiger charge is -1.99. The second-order valence-corrected chi connectivity index (χ2v) is 6.44. The van der Waals surface area contributed by atoms with E-state index in [9.17, 15) is 13.2 Å². The lowest BCUT2D eigenvalue weighted by atomic mass is 10.1. The van der Waals surface area contributed by atoms with Crippen LogP contribution in [-0.4, -0.2) is 41.5 Å². The molecule has 0 saturated carbocycles. The number of sulfone groups is 1. The number of aldehydes is 1. The van der Waals surface area contributed by atoms with Gasteiger partial charge in [-0.25, -0.2) is 8.42 Å². The number of rotatable bonds is 5. The molecule has 6 nitrogen and oxygen atoms in total. The zero-order chi connectivity index (χ0) is 13.9. The van der Waals surface area contributed by atoms with Gasteiger partial charge in [0.05, 0.1) is 17.9 Å². The molecule has 0 atom stereocenters. The van der Waals surface area contributed by atoms with E-state index < -0.39 is 9.84 Å². The van der Waals surface area contributed by atoms with Gasteiger partial charge >= 0.3 is 0 Å². The number of hydrogen-bond acceptors (Lipinski definition) is 5. The number of nitrogens with zero attached hydrogens (tertiary/aromatic N) is 3. The minimum Gasteiger partial charge on any atom is -0.298 e. The van der Waals surface area contributed by atoms with Gasteiger partial charge in [0.2, 0.25) is 0 Å². The van der Waals surface area contributed by atoms with E-state index in [1.54, 1.807) is 30.7 Å². The summed E-state index contributed by atoms with van der Waals surface area (Å²) in [5, 5.41) is 4.25. The van der Waals surface area contributed by atoms with Gasteiger partial charge in [0.1, 0.15) is 15.5 Å². The van der Waals surface area contributed by atoms with Crippen molar-refractivity contribution < 1.29 is 13.2 Å². The highest BCUT2D eigenvalue weighted by molar-refractivity contribution is 7.90. The van der Waals surface area contributed by atoms with Crippen molar-refractivity contribution in [2.75, 3.05) is 12.0 Å². The summed E-state index contributed by atoms with van der Waals surface area (Å²) in [6.07, 6.45) is 6.65. The van der Waals surface area contributed by atoms with Crippen LogP contribution in [0.2, 0.25) is 0 Å². The number of carbonyl (C=O) groups is 1. The molecule has 0 aromatic carbocycles. The molecule has 19 heavy (non-hydrogen) atoms. The molecule has 0 unspecified atom stereocenters. The van der Waals surface area contributed by atoms with E-state index in [0.29, 0.717) is 17.5 Å². The predicted octanol–water partition coefficient (Wildman–Crippen LogP) is 0.802. The average molecular weight is 279 g/mol. The number of carbonyl (C=O) groups excluding carboxylic acids is 1. The second-order valence-electron chi connectivity index (χ2n) is 4.18. The molecule has 2 aromatic rings. The van der Waals surface area contributed by atoms with Crippen LogP contribution < -0.4 is 0 Å². The van der Waals surface area contributed by atoms with Gasteiger partial charge in [0.15, 0.2) is 6.29 Å². The van der Waals surface area contributed by atoms with Crippen molar-refractivity contribution in [2.24, 2.45) is 0 Å². The zero-order valence-electron chi connectivity index (χ0n) is 10.4. The van der Waals surface area contributed by atoms with Crippen LogP contribution in [0.3, 0.4) is 0 Å². The Morgan fingerprint density at radius 3 is 2.58 bits per heavy atom. The normalized spacial score (nSPS) is 11.4. The van der Waals surface area contributed by atoms with E-state index in [-0.39, 0.29) is 12.3 Å². The maximum Gasteiger partial charge on any atom is 0.153 e. The molecule has 0 N–H and O–H groups in total. The van der Waals surface area contributed by atoms with Crippen LogP contribution in [0, 0.1) is 0 Å². The number of pyridine rings is 1. The standard InChI is InChI=1S/C12H13N3O3S/c1-19(17,18)7-6-15-8-11(9-16)12(14-15)10-2-4-13-5-3-10/h2-5,8-9H,6-7H2,1H3. The lowest BCUT2D eigenvalue weighted by Crippen LogP contribution is -2.11. The summed E-state index contributed by atoms with van der Waals surface area (Å²) in [4.78, 5) is 14.9. The molecule has 7 heteroatoms. The highest BCUT2D eigenvalue weighted by Crippen LogP contribution is 2.19. The van der Waals surface area contributed by atoms with Crippen LogP contribution in [-0.2, 0) is 16.4 Å². The van der Waals surface area contributed by atoms with E-state index in [2.05, 4.69) is 10.1 Å². The fourth-order valence-corrected chi connectivity index (χ4v) is 2.15. The van der Waals surface area contributed by atoms with Crippen LogP contribution in [0.15, 0.2) is 30.7 Å². The second kappa shape index (κ2) is 5.31. The van der Waals surface area contributed by atoms with E-state index >= 15 is 0 Å². The number of hydrogen-bond donors (Lipinski definition) is 0. The summed E-state index contributed by atoms with van der Waals surface area (Å²) in [6.45, 7) is 0.227. The summed E-state index contributed by atoms with van der Waals surface area (Å²) in [7, 11) is -3.06. The highest BCUT2D eigenvalue weighted by atomic mass is 32.2. The smallest absolute Gasteiger partial charge is 0.153 e. The molecule has 0 amide bonds. The maximum absolute atomic E-state index is 11.1. The maximum atomic E-state index is 11.1. The van der Waals surface area contributed by atoms with Crippen LogP contribution in [0.1, 0.15) is 10.4 Å². The molecule has 0 aliphatic rings. The Kier molecular flexibility index (Phi) is 3.75. The molecule has 2 aromatic heterocycles. The van der Waals surface area contributed by atoms with Crippen LogP contribution in [0.5, 0.6) is 0 Å². The van der Waals surface area contributed by atoms with Gasteiger partial charge in [0, 0.05) is 30.4 Å². The van der Waals surface area contributed by atoms with Crippen molar-refractivity contribution >= 4 is 16.1 Å². The summed E-state index contributed by atoms with van der Waals surface area (Å²) in [6, 6.07) is 3.49. The van der Waals surface area contributed by atoms with Crippen LogP contribution in [0.25, 0.3) is 11.3 Å². The van der Waals surface area contributed by atoms with Crippen molar-refractivity contribution in [3.63, 3.8) is 0 Å². The first-order chi connectivity index (χ1) is 8.99. The molecular weight excluding hydrogens is 266 g/mol. The molecule has 0 radical (unpaired) electrons. The molecule has 100 valence electrons. The molecule has 2 rings (SSSR count). The Morgan fingerprint density at radius 1 is 1.32 bits per heavy atom. The Labute approximate surface area is 111 Å². The summed E-state index contributed by atoms with van der Waals surface area (Å²) in [5.74, 6) is -0.0111. The Hall–Kier alpha value is -2.02. The molecular formula is C12H13N3O3S. The van der Waals surface area contributed by atoms with Gasteiger partial charge in [-0.2, -0.15) is 5.10 Å². The lowest BCUT2D eigenvalue weighted by molar-refractivity contribution is 0.112. The van der Waals surface area contributed by atoms with E-state index in [1.807, 2.05) is 0 Å². The highest BCUT2D eigenvalue weighted by Gasteiger charge is 2.11. The first-order valence-electron chi connectivity index (χ1n) is 5.60. The average Bonchev–Trinajstić information content (AvgIpc) is 2.80. The third-order valence-corrected chi connectivity index (χ3v) is 3.49. The van der Waals surface area contributed by atoms with Gasteiger partial charge < -0.3 is 0 Å². The van der Waals surface area contributed by atoms with E-state index in [1.165, 1.54) is 10.9 Å². The van der Waals surface area contributed by atoms with Crippen molar-refractivity contribution in [3.8, 4) is 11.3 Å². The first-order valence-corrected chi connectivity index (χ1v) is 7.66. The summed E-state index contributed by atoms with van der Waals surface area (Å²) in [5.41, 5.74) is 1.74. The van der Waals surface area contributed by atoms with Gasteiger partial charge in [-0.05, 0) is 12.1 Å². The molecule has 0 aliphatic heterocycles. The SMILES string of the molecule is CS(=O)(=O)CCn1cc(C=O)c(-c2ccncc2)n1. The Bertz CT molecular complexity index is 678. The quantitative estimate of drug-likeness (QED) is 0.756. The van der Waals surface area contributed by atoms with Gasteiger partial charge in [0.25, 0.3) is 0 Å². The van der Waals surface area contributed by atoms with E-state index in [0.717, 1.165) is 5.56 Å². The van der Waals surface area contributed by atoms with Crippen molar-refractivity contribution in [1.82, 2.24) is 14.8 Å². The third kappa shape index (κ3) is 3.47. The fraction of sp³-hybridized carbons (Fsp3) is 0.250. The summed E-state index contributed by atoms with van der Waals surface area (Å²) >= 11 is 0. The molecule has 0 bridgehead atoms. The van der Waals surface area contributed by atoms with Gasteiger partial charge in [-0.15, -0.1) is 0 Å². The van der Waals surface area contributed by atoms with Gasteiger partial charge in [-0.1, -0.05) is 0 Å². The van der Waals surface area contributed by atoms with Crippen molar-refractivity contribution in [3.05, 3.63) is 36.3 Å². The minimum atomic E-state index is -3.06. The zero-order valence-corrected chi connectivity index (χ0v) is 11.2. The predicted molar refractivity (Wildman–Crippen MR) is 70.6 cm³/mol. The third-order valence-electron chi connectivity index (χ3n) is 2.56. The molecule has 2 heterocycles. The molecule has 0 spiro atoms. The molecule has 0 fully saturated rings. The first kappa shape index (κ1) is 13.4. The van der Waals surface area contributed by atoms with E-state index in [4.69, 9.17) is 0 Å². The Morgan fingerprint density at radius 2 is 2.00 bits per heavy atom. The number of aryl methyl sites for hydroxylation is 1. The van der Waals surface area contributed by atoms with Crippen molar-refractivity contribution in [2.45, 2.75) is 6.54 Å². The fourth-order valence-electron chi connectivity index (χ4n) is 1.63. The van der Waals surface area contributed by atoms with Crippen LogP contribution in [0.4, 0.5) is 0 Å². The topological polar surface area (TPSA) is 81.9 Å². The van der Waals surface area contributed by atoms with Crippen molar-refractivity contribution in [1.29, 1.82) is 0 Å². The molecule has 0 aliphatic carbocycles. The summed E-state index contributed by atoms with van der Waals surface area (Å²) < 4.78 is 23.7. The van der Waals surface area contributed by atoms with Crippen LogP contribution >= 0.6 is 0 Å². The molecule has 0 saturated heterocycles. The monoisotopic (exact) mass is 279 g/mol. The largest absolute Gasteiger partial charge is 0.298 e. The Balaban J connectivity index is 2.30.